The van der Waals surface area contributed by atoms with Gasteiger partial charge in [-0.1, -0.05) is 6.92 Å². The molecule has 0 bridgehead atoms. The van der Waals surface area contributed by atoms with Gasteiger partial charge in [0, 0.05) is 24.0 Å². The smallest absolute Gasteiger partial charge is 0.0757 e. The number of thiophene rings is 1. The summed E-state index contributed by atoms with van der Waals surface area (Å²) in [5.41, 5.74) is 7.73. The van der Waals surface area contributed by atoms with Gasteiger partial charge in [0.05, 0.1) is 17.7 Å². The SMILES string of the molecule is CCC(N)C(c1sccc1C)N1CC(C)OC(C)(C)C1. The molecule has 1 aliphatic heterocycles. The van der Waals surface area contributed by atoms with Crippen LogP contribution in [0.4, 0.5) is 0 Å². The average molecular weight is 296 g/mol. The molecule has 3 atom stereocenters. The Morgan fingerprint density at radius 3 is 2.75 bits per heavy atom. The molecule has 0 radical (unpaired) electrons. The lowest BCUT2D eigenvalue weighted by atomic mass is 9.96. The van der Waals surface area contributed by atoms with E-state index in [1.165, 1.54) is 10.4 Å². The summed E-state index contributed by atoms with van der Waals surface area (Å²) in [4.78, 5) is 3.95. The summed E-state index contributed by atoms with van der Waals surface area (Å²) in [6.07, 6.45) is 1.25. The van der Waals surface area contributed by atoms with Crippen molar-refractivity contribution in [1.29, 1.82) is 0 Å². The van der Waals surface area contributed by atoms with Crippen molar-refractivity contribution in [2.75, 3.05) is 13.1 Å². The van der Waals surface area contributed by atoms with Crippen molar-refractivity contribution in [1.82, 2.24) is 4.90 Å². The zero-order valence-corrected chi connectivity index (χ0v) is 14.2. The van der Waals surface area contributed by atoms with Crippen LogP contribution in [0.25, 0.3) is 0 Å². The van der Waals surface area contributed by atoms with Gasteiger partial charge in [-0.2, -0.15) is 0 Å². The van der Waals surface area contributed by atoms with Crippen LogP contribution in [-0.2, 0) is 4.74 Å². The molecule has 2 rings (SSSR count). The first-order chi connectivity index (χ1) is 9.34. The van der Waals surface area contributed by atoms with Crippen LogP contribution in [0.2, 0.25) is 0 Å². The van der Waals surface area contributed by atoms with E-state index in [9.17, 15) is 0 Å². The Bertz CT molecular complexity index is 443. The van der Waals surface area contributed by atoms with Crippen LogP contribution in [-0.4, -0.2) is 35.7 Å². The van der Waals surface area contributed by atoms with Crippen molar-refractivity contribution in [3.8, 4) is 0 Å². The number of hydrogen-bond donors (Lipinski definition) is 1. The maximum absolute atomic E-state index is 6.47. The second-order valence-electron chi connectivity index (χ2n) is 6.60. The Morgan fingerprint density at radius 2 is 2.25 bits per heavy atom. The molecular formula is C16H28N2OS. The van der Waals surface area contributed by atoms with Gasteiger partial charge in [-0.25, -0.2) is 0 Å². The Balaban J connectivity index is 2.30. The van der Waals surface area contributed by atoms with Gasteiger partial charge < -0.3 is 10.5 Å². The third-order valence-corrected chi connectivity index (χ3v) is 5.13. The highest BCUT2D eigenvalue weighted by Crippen LogP contribution is 2.35. The minimum atomic E-state index is -0.103. The van der Waals surface area contributed by atoms with Crippen LogP contribution >= 0.6 is 11.3 Å². The van der Waals surface area contributed by atoms with Crippen molar-refractivity contribution >= 4 is 11.3 Å². The van der Waals surface area contributed by atoms with Crippen LogP contribution in [0.3, 0.4) is 0 Å². The predicted molar refractivity (Wildman–Crippen MR) is 86.3 cm³/mol. The molecule has 2 N–H and O–H groups in total. The highest BCUT2D eigenvalue weighted by molar-refractivity contribution is 7.10. The quantitative estimate of drug-likeness (QED) is 0.926. The first-order valence-electron chi connectivity index (χ1n) is 7.55. The van der Waals surface area contributed by atoms with E-state index < -0.39 is 0 Å². The first-order valence-corrected chi connectivity index (χ1v) is 8.43. The molecular weight excluding hydrogens is 268 g/mol. The van der Waals surface area contributed by atoms with E-state index in [2.05, 4.69) is 51.0 Å². The Labute approximate surface area is 127 Å². The van der Waals surface area contributed by atoms with Crippen LogP contribution < -0.4 is 5.73 Å². The van der Waals surface area contributed by atoms with E-state index in [0.29, 0.717) is 6.04 Å². The summed E-state index contributed by atoms with van der Waals surface area (Å²) in [5, 5.41) is 2.18. The maximum Gasteiger partial charge on any atom is 0.0757 e. The van der Waals surface area contributed by atoms with Crippen molar-refractivity contribution in [2.45, 2.75) is 64.8 Å². The fourth-order valence-corrected chi connectivity index (χ4v) is 4.39. The largest absolute Gasteiger partial charge is 0.370 e. The number of hydrogen-bond acceptors (Lipinski definition) is 4. The third-order valence-electron chi connectivity index (χ3n) is 4.04. The summed E-state index contributed by atoms with van der Waals surface area (Å²) in [6.45, 7) is 12.8. The van der Waals surface area contributed by atoms with Gasteiger partial charge in [0.1, 0.15) is 0 Å². The molecule has 3 nitrogen and oxygen atoms in total. The standard InChI is InChI=1S/C16H28N2OS/c1-6-13(17)14(15-11(2)7-8-20-15)18-9-12(3)19-16(4,5)10-18/h7-8,12-14H,6,9-10,17H2,1-5H3. The molecule has 1 fully saturated rings. The lowest BCUT2D eigenvalue weighted by Gasteiger charge is -2.46. The van der Waals surface area contributed by atoms with Crippen molar-refractivity contribution in [2.24, 2.45) is 5.73 Å². The highest BCUT2D eigenvalue weighted by atomic mass is 32.1. The number of nitrogens with zero attached hydrogens (tertiary/aromatic N) is 1. The van der Waals surface area contributed by atoms with Gasteiger partial charge in [-0.3, -0.25) is 4.90 Å². The monoisotopic (exact) mass is 296 g/mol. The molecule has 1 aromatic heterocycles. The fourth-order valence-electron chi connectivity index (χ4n) is 3.26. The minimum absolute atomic E-state index is 0.103. The van der Waals surface area contributed by atoms with E-state index in [1.54, 1.807) is 0 Å². The predicted octanol–water partition coefficient (Wildman–Crippen LogP) is 3.33. The van der Waals surface area contributed by atoms with Gasteiger partial charge in [-0.15, -0.1) is 11.3 Å². The lowest BCUT2D eigenvalue weighted by Crippen LogP contribution is -2.55. The lowest BCUT2D eigenvalue weighted by molar-refractivity contribution is -0.140. The molecule has 1 saturated heterocycles. The number of rotatable bonds is 4. The average Bonchev–Trinajstić information content (AvgIpc) is 2.73. The summed E-state index contributed by atoms with van der Waals surface area (Å²) in [5.74, 6) is 0. The third kappa shape index (κ3) is 3.42. The molecule has 0 saturated carbocycles. The topological polar surface area (TPSA) is 38.5 Å². The molecule has 0 aliphatic carbocycles. The van der Waals surface area contributed by atoms with E-state index in [0.717, 1.165) is 19.5 Å². The fraction of sp³-hybridized carbons (Fsp3) is 0.750. The van der Waals surface area contributed by atoms with Gasteiger partial charge >= 0.3 is 0 Å². The van der Waals surface area contributed by atoms with Crippen LogP contribution in [0, 0.1) is 6.92 Å². The van der Waals surface area contributed by atoms with Gasteiger partial charge in [0.2, 0.25) is 0 Å². The highest BCUT2D eigenvalue weighted by Gasteiger charge is 2.37. The van der Waals surface area contributed by atoms with E-state index in [-0.39, 0.29) is 17.7 Å². The molecule has 0 aromatic carbocycles. The molecule has 0 amide bonds. The Kier molecular flexibility index (Phi) is 4.90. The van der Waals surface area contributed by atoms with Crippen LogP contribution in [0.15, 0.2) is 11.4 Å². The second kappa shape index (κ2) is 6.14. The minimum Gasteiger partial charge on any atom is -0.370 e. The molecule has 1 aliphatic rings. The number of ether oxygens (including phenoxy) is 1. The molecule has 2 heterocycles. The van der Waals surface area contributed by atoms with E-state index >= 15 is 0 Å². The van der Waals surface area contributed by atoms with Crippen molar-refractivity contribution in [3.05, 3.63) is 21.9 Å². The van der Waals surface area contributed by atoms with Gasteiger partial charge in [0.15, 0.2) is 0 Å². The maximum atomic E-state index is 6.47. The number of nitrogens with two attached hydrogens (primary N) is 1. The number of morpholine rings is 1. The normalized spacial score (nSPS) is 26.4. The Morgan fingerprint density at radius 1 is 1.55 bits per heavy atom. The molecule has 0 spiro atoms. The van der Waals surface area contributed by atoms with E-state index in [4.69, 9.17) is 10.5 Å². The molecule has 20 heavy (non-hydrogen) atoms. The van der Waals surface area contributed by atoms with Crippen LogP contribution in [0.5, 0.6) is 0 Å². The zero-order chi connectivity index (χ0) is 14.9. The molecule has 114 valence electrons. The zero-order valence-electron chi connectivity index (χ0n) is 13.3. The molecule has 3 unspecified atom stereocenters. The van der Waals surface area contributed by atoms with Gasteiger partial charge in [0.25, 0.3) is 0 Å². The van der Waals surface area contributed by atoms with Crippen molar-refractivity contribution < 1.29 is 4.74 Å². The first kappa shape index (κ1) is 16.0. The van der Waals surface area contributed by atoms with Crippen LogP contribution in [0.1, 0.15) is 50.6 Å². The second-order valence-corrected chi connectivity index (χ2v) is 7.55. The Hall–Kier alpha value is -0.420. The summed E-state index contributed by atoms with van der Waals surface area (Å²) < 4.78 is 6.04. The van der Waals surface area contributed by atoms with Crippen molar-refractivity contribution in [3.63, 3.8) is 0 Å². The van der Waals surface area contributed by atoms with E-state index in [1.807, 2.05) is 11.3 Å². The summed E-state index contributed by atoms with van der Waals surface area (Å²) in [7, 11) is 0. The number of aryl methyl sites for hydroxylation is 1. The van der Waals surface area contributed by atoms with Gasteiger partial charge in [-0.05, 0) is 51.1 Å². The molecule has 4 heteroatoms. The summed E-state index contributed by atoms with van der Waals surface area (Å²) >= 11 is 1.83. The molecule has 1 aromatic rings. The summed E-state index contributed by atoms with van der Waals surface area (Å²) in [6, 6.07) is 2.68.